The van der Waals surface area contributed by atoms with Crippen molar-refractivity contribution < 1.29 is 0 Å². The Morgan fingerprint density at radius 2 is 1.40 bits per heavy atom. The van der Waals surface area contributed by atoms with Gasteiger partial charge in [-0.2, -0.15) is 0 Å². The smallest absolute Gasteiger partial charge is 0.213 e. The zero-order valence-corrected chi connectivity index (χ0v) is 8.35. The van der Waals surface area contributed by atoms with Gasteiger partial charge in [-0.3, -0.25) is 0 Å². The standard InChI is InChI=1S/C13H10BN/c15-10-14-13-8-6-12(7-9-13)11-4-2-1-3-5-11/h1-9,14H. The summed E-state index contributed by atoms with van der Waals surface area (Å²) < 4.78 is 0. The zero-order chi connectivity index (χ0) is 10.5. The van der Waals surface area contributed by atoms with Crippen LogP contribution in [0.3, 0.4) is 0 Å². The molecule has 2 aromatic rings. The maximum absolute atomic E-state index is 8.56. The third kappa shape index (κ3) is 2.27. The molecular formula is C13H10BN. The van der Waals surface area contributed by atoms with Crippen LogP contribution in [0.25, 0.3) is 11.1 Å². The molecule has 2 rings (SSSR count). The molecule has 0 saturated carbocycles. The predicted molar refractivity (Wildman–Crippen MR) is 64.3 cm³/mol. The lowest BCUT2D eigenvalue weighted by Crippen LogP contribution is -2.10. The fourth-order valence-corrected chi connectivity index (χ4v) is 1.54. The molecule has 0 fully saturated rings. The van der Waals surface area contributed by atoms with Crippen LogP contribution in [0, 0.1) is 11.2 Å². The van der Waals surface area contributed by atoms with Gasteiger partial charge in [0.25, 0.3) is 7.28 Å². The second kappa shape index (κ2) is 4.48. The summed E-state index contributed by atoms with van der Waals surface area (Å²) in [5, 5.41) is 8.56. The molecule has 0 aliphatic carbocycles. The predicted octanol–water partition coefficient (Wildman–Crippen LogP) is 1.90. The van der Waals surface area contributed by atoms with E-state index in [1.807, 2.05) is 30.3 Å². The van der Waals surface area contributed by atoms with E-state index in [1.54, 1.807) is 0 Å². The molecule has 0 heterocycles. The number of nitriles is 1. The van der Waals surface area contributed by atoms with Crippen LogP contribution in [0.4, 0.5) is 0 Å². The van der Waals surface area contributed by atoms with Crippen molar-refractivity contribution in [2.45, 2.75) is 0 Å². The van der Waals surface area contributed by atoms with Crippen LogP contribution in [0.15, 0.2) is 54.6 Å². The molecule has 15 heavy (non-hydrogen) atoms. The molecule has 0 aliphatic rings. The average Bonchev–Trinajstić information content (AvgIpc) is 2.32. The van der Waals surface area contributed by atoms with Gasteiger partial charge < -0.3 is 0 Å². The molecule has 0 aliphatic heterocycles. The zero-order valence-electron chi connectivity index (χ0n) is 8.35. The van der Waals surface area contributed by atoms with Crippen molar-refractivity contribution in [2.75, 3.05) is 0 Å². The molecule has 0 spiro atoms. The summed E-state index contributed by atoms with van der Waals surface area (Å²) in [6.45, 7) is 0. The molecule has 2 heteroatoms. The molecule has 0 bridgehead atoms. The molecule has 0 amide bonds. The summed E-state index contributed by atoms with van der Waals surface area (Å²) in [7, 11) is 0.481. The second-order valence-corrected chi connectivity index (χ2v) is 3.40. The van der Waals surface area contributed by atoms with Crippen molar-refractivity contribution in [3.05, 3.63) is 54.6 Å². The molecule has 0 atom stereocenters. The van der Waals surface area contributed by atoms with E-state index >= 15 is 0 Å². The minimum atomic E-state index is 0.481. The van der Waals surface area contributed by atoms with E-state index in [9.17, 15) is 0 Å². The molecule has 0 saturated heterocycles. The van der Waals surface area contributed by atoms with Crippen molar-refractivity contribution >= 4 is 12.7 Å². The second-order valence-electron chi connectivity index (χ2n) is 3.40. The Hall–Kier alpha value is -2.01. The van der Waals surface area contributed by atoms with Crippen LogP contribution in [0.5, 0.6) is 0 Å². The van der Waals surface area contributed by atoms with Gasteiger partial charge in [-0.15, -0.1) is 0 Å². The normalized spacial score (nSPS) is 9.27. The fourth-order valence-electron chi connectivity index (χ4n) is 1.54. The quantitative estimate of drug-likeness (QED) is 0.665. The van der Waals surface area contributed by atoms with Gasteiger partial charge in [-0.1, -0.05) is 60.1 Å². The Balaban J connectivity index is 2.29. The number of benzene rings is 2. The Kier molecular flexibility index (Phi) is 2.85. The van der Waals surface area contributed by atoms with Crippen LogP contribution >= 0.6 is 0 Å². The van der Waals surface area contributed by atoms with E-state index in [2.05, 4.69) is 30.2 Å². The van der Waals surface area contributed by atoms with E-state index in [0.717, 1.165) is 5.46 Å². The molecule has 1 nitrogen and oxygen atoms in total. The fraction of sp³-hybridized carbons (Fsp3) is 0. The van der Waals surface area contributed by atoms with E-state index < -0.39 is 0 Å². The lowest BCUT2D eigenvalue weighted by molar-refractivity contribution is 1.56. The third-order valence-corrected chi connectivity index (χ3v) is 2.34. The summed E-state index contributed by atoms with van der Waals surface area (Å²) in [4.78, 5) is 0. The summed E-state index contributed by atoms with van der Waals surface area (Å²) in [6.07, 6.45) is 0. The van der Waals surface area contributed by atoms with E-state index in [-0.39, 0.29) is 0 Å². The van der Waals surface area contributed by atoms with Crippen molar-refractivity contribution in [2.24, 2.45) is 0 Å². The van der Waals surface area contributed by atoms with Crippen molar-refractivity contribution in [1.82, 2.24) is 0 Å². The number of hydrogen-bond donors (Lipinski definition) is 0. The lowest BCUT2D eigenvalue weighted by atomic mass is 9.72. The molecule has 2 aromatic carbocycles. The molecule has 70 valence electrons. The van der Waals surface area contributed by atoms with Gasteiger partial charge in [-0.05, 0) is 11.1 Å². The Labute approximate surface area is 90.2 Å². The van der Waals surface area contributed by atoms with Gasteiger partial charge >= 0.3 is 0 Å². The highest BCUT2D eigenvalue weighted by molar-refractivity contribution is 6.61. The molecule has 0 N–H and O–H groups in total. The Bertz CT molecular complexity index is 468. The number of hydrogen-bond acceptors (Lipinski definition) is 1. The first-order valence-corrected chi connectivity index (χ1v) is 4.91. The van der Waals surface area contributed by atoms with Gasteiger partial charge in [0.05, 0.1) is 0 Å². The maximum Gasteiger partial charge on any atom is 0.282 e. The van der Waals surface area contributed by atoms with Crippen LogP contribution < -0.4 is 5.46 Å². The average molecular weight is 191 g/mol. The van der Waals surface area contributed by atoms with E-state index in [0.29, 0.717) is 7.28 Å². The first kappa shape index (κ1) is 9.55. The monoisotopic (exact) mass is 191 g/mol. The highest BCUT2D eigenvalue weighted by atomic mass is 14.2. The highest BCUT2D eigenvalue weighted by Gasteiger charge is 1.97. The third-order valence-electron chi connectivity index (χ3n) is 2.34. The van der Waals surface area contributed by atoms with Crippen molar-refractivity contribution in [3.8, 4) is 17.1 Å². The van der Waals surface area contributed by atoms with Crippen LogP contribution in [-0.4, -0.2) is 7.28 Å². The summed E-state index contributed by atoms with van der Waals surface area (Å²) >= 11 is 0. The van der Waals surface area contributed by atoms with Gasteiger partial charge in [0.1, 0.15) is 0 Å². The molecular weight excluding hydrogens is 181 g/mol. The first-order chi connectivity index (χ1) is 7.40. The maximum atomic E-state index is 8.56. The minimum absolute atomic E-state index is 0.481. The van der Waals surface area contributed by atoms with Crippen molar-refractivity contribution in [1.29, 1.82) is 5.26 Å². The summed E-state index contributed by atoms with van der Waals surface area (Å²) in [5.41, 5.74) is 3.47. The van der Waals surface area contributed by atoms with Crippen LogP contribution in [0.2, 0.25) is 0 Å². The number of nitrogens with zero attached hydrogens (tertiary/aromatic N) is 1. The first-order valence-electron chi connectivity index (χ1n) is 4.91. The molecule has 0 aromatic heterocycles. The molecule has 0 radical (unpaired) electrons. The van der Waals surface area contributed by atoms with E-state index in [4.69, 9.17) is 5.26 Å². The van der Waals surface area contributed by atoms with E-state index in [1.165, 1.54) is 11.1 Å². The van der Waals surface area contributed by atoms with Gasteiger partial charge in [0.15, 0.2) is 0 Å². The largest absolute Gasteiger partial charge is 0.282 e. The SMILES string of the molecule is N#CBc1ccc(-c2ccccc2)cc1. The molecule has 0 unspecified atom stereocenters. The van der Waals surface area contributed by atoms with Gasteiger partial charge in [-0.25, -0.2) is 5.26 Å². The lowest BCUT2D eigenvalue weighted by Gasteiger charge is -2.01. The topological polar surface area (TPSA) is 23.8 Å². The van der Waals surface area contributed by atoms with Crippen LogP contribution in [0.1, 0.15) is 0 Å². The number of rotatable bonds is 2. The Morgan fingerprint density at radius 3 is 2.00 bits per heavy atom. The highest BCUT2D eigenvalue weighted by Crippen LogP contribution is 2.16. The summed E-state index contributed by atoms with van der Waals surface area (Å²) in [6, 6.07) is 18.4. The van der Waals surface area contributed by atoms with Gasteiger partial charge in [0, 0.05) is 5.97 Å². The minimum Gasteiger partial charge on any atom is -0.213 e. The van der Waals surface area contributed by atoms with Gasteiger partial charge in [0.2, 0.25) is 0 Å². The summed E-state index contributed by atoms with van der Waals surface area (Å²) in [5.74, 6) is 2.14. The Morgan fingerprint density at radius 1 is 0.800 bits per heavy atom. The van der Waals surface area contributed by atoms with Crippen LogP contribution in [-0.2, 0) is 0 Å². The van der Waals surface area contributed by atoms with Crippen molar-refractivity contribution in [3.63, 3.8) is 0 Å².